The Morgan fingerprint density at radius 3 is 2.79 bits per heavy atom. The number of halogens is 2. The number of hydrogen-bond acceptors (Lipinski definition) is 9. The summed E-state index contributed by atoms with van der Waals surface area (Å²) in [5.41, 5.74) is 0. The number of aromatic nitrogens is 6. The van der Waals surface area contributed by atoms with Gasteiger partial charge in [-0.1, -0.05) is 18.5 Å². The highest BCUT2D eigenvalue weighted by atomic mass is 35.5. The van der Waals surface area contributed by atoms with Crippen LogP contribution in [0.3, 0.4) is 0 Å². The van der Waals surface area contributed by atoms with E-state index >= 15 is 0 Å². The Bertz CT molecular complexity index is 908. The van der Waals surface area contributed by atoms with Gasteiger partial charge in [0.25, 0.3) is 0 Å². The van der Waals surface area contributed by atoms with Crippen LogP contribution in [0.4, 0.5) is 22.0 Å². The van der Waals surface area contributed by atoms with Crippen LogP contribution in [-0.4, -0.2) is 48.5 Å². The first-order chi connectivity index (χ1) is 13.6. The fourth-order valence-electron chi connectivity index (χ4n) is 2.15. The van der Waals surface area contributed by atoms with E-state index in [1.165, 1.54) is 6.20 Å². The molecule has 148 valence electrons. The largest absolute Gasteiger partial charge is 0.477 e. The number of anilines is 3. The number of ether oxygens (including phenoxy) is 1. The van der Waals surface area contributed by atoms with E-state index in [0.717, 1.165) is 18.8 Å². The summed E-state index contributed by atoms with van der Waals surface area (Å²) in [5.74, 6) is 1.07. The van der Waals surface area contributed by atoms with Gasteiger partial charge in [-0.25, -0.2) is 19.3 Å². The lowest BCUT2D eigenvalue weighted by atomic mass is 10.3. The zero-order valence-corrected chi connectivity index (χ0v) is 15.6. The molecule has 3 heterocycles. The van der Waals surface area contributed by atoms with Crippen molar-refractivity contribution in [2.24, 2.45) is 0 Å². The van der Waals surface area contributed by atoms with Crippen molar-refractivity contribution >= 4 is 29.2 Å². The fourth-order valence-corrected chi connectivity index (χ4v) is 2.29. The molecule has 0 unspecified atom stereocenters. The highest BCUT2D eigenvalue weighted by molar-refractivity contribution is 6.32. The molecule has 0 saturated heterocycles. The van der Waals surface area contributed by atoms with E-state index in [2.05, 4.69) is 40.8 Å². The molecule has 0 aliphatic rings. The molecular weight excluding hydrogens is 391 g/mol. The van der Waals surface area contributed by atoms with Gasteiger partial charge in [-0.3, -0.25) is 5.10 Å². The molecule has 0 amide bonds. The number of hydrogen-bond donors (Lipinski definition) is 4. The first kappa shape index (κ1) is 19.7. The molecule has 0 aliphatic carbocycles. The normalized spacial score (nSPS) is 11.9. The molecular formula is C16H18ClFN8O2. The standard InChI is InChI=1S/C16H18ClFN8O2/c1-2-3-28-13-4-12(25-26-13)23-14-10(17)7-21-16(24-14)22-11(8-27)15-19-5-9(18)6-20-15/h4-7,11,27H,2-3,8H2,1H3,(H3,21,22,23,24,25,26)/t11-/m0/s1. The summed E-state index contributed by atoms with van der Waals surface area (Å²) < 4.78 is 18.4. The van der Waals surface area contributed by atoms with E-state index < -0.39 is 11.9 Å². The summed E-state index contributed by atoms with van der Waals surface area (Å²) in [4.78, 5) is 16.0. The van der Waals surface area contributed by atoms with E-state index in [0.29, 0.717) is 24.1 Å². The third-order valence-corrected chi connectivity index (χ3v) is 3.72. The summed E-state index contributed by atoms with van der Waals surface area (Å²) in [6.45, 7) is 2.21. The molecule has 0 spiro atoms. The average Bonchev–Trinajstić information content (AvgIpc) is 3.15. The number of aromatic amines is 1. The van der Waals surface area contributed by atoms with Gasteiger partial charge in [0.05, 0.1) is 31.8 Å². The van der Waals surface area contributed by atoms with E-state index in [1.807, 2.05) is 6.92 Å². The Morgan fingerprint density at radius 1 is 1.29 bits per heavy atom. The monoisotopic (exact) mass is 408 g/mol. The van der Waals surface area contributed by atoms with Gasteiger partial charge in [0, 0.05) is 6.07 Å². The summed E-state index contributed by atoms with van der Waals surface area (Å²) >= 11 is 6.14. The number of aliphatic hydroxyl groups excluding tert-OH is 1. The van der Waals surface area contributed by atoms with Gasteiger partial charge in [-0.05, 0) is 6.42 Å². The van der Waals surface area contributed by atoms with Crippen LogP contribution in [0.1, 0.15) is 25.2 Å². The number of aliphatic hydroxyl groups is 1. The predicted molar refractivity (Wildman–Crippen MR) is 100 cm³/mol. The molecule has 0 aromatic carbocycles. The van der Waals surface area contributed by atoms with Crippen molar-refractivity contribution in [3.8, 4) is 5.88 Å². The summed E-state index contributed by atoms with van der Waals surface area (Å²) in [7, 11) is 0. The summed E-state index contributed by atoms with van der Waals surface area (Å²) in [5, 5.41) is 22.5. The number of nitrogens with zero attached hydrogens (tertiary/aromatic N) is 5. The smallest absolute Gasteiger partial charge is 0.234 e. The van der Waals surface area contributed by atoms with Gasteiger partial charge in [-0.15, -0.1) is 5.10 Å². The Kier molecular flexibility index (Phi) is 6.50. The first-order valence-corrected chi connectivity index (χ1v) is 8.79. The zero-order valence-electron chi connectivity index (χ0n) is 14.9. The molecule has 3 rings (SSSR count). The van der Waals surface area contributed by atoms with Gasteiger partial charge >= 0.3 is 0 Å². The third-order valence-electron chi connectivity index (χ3n) is 3.44. The van der Waals surface area contributed by atoms with Crippen LogP contribution < -0.4 is 15.4 Å². The number of rotatable bonds is 9. The van der Waals surface area contributed by atoms with Crippen LogP contribution >= 0.6 is 11.6 Å². The minimum atomic E-state index is -0.726. The van der Waals surface area contributed by atoms with Crippen molar-refractivity contribution in [1.29, 1.82) is 0 Å². The summed E-state index contributed by atoms with van der Waals surface area (Å²) in [6, 6.07) is 0.945. The molecule has 0 saturated carbocycles. The first-order valence-electron chi connectivity index (χ1n) is 8.41. The molecule has 28 heavy (non-hydrogen) atoms. The molecule has 0 fully saturated rings. The van der Waals surface area contributed by atoms with Crippen molar-refractivity contribution in [1.82, 2.24) is 30.1 Å². The number of H-pyrrole nitrogens is 1. The predicted octanol–water partition coefficient (Wildman–Crippen LogP) is 2.46. The quantitative estimate of drug-likeness (QED) is 0.421. The molecule has 3 aromatic heterocycles. The van der Waals surface area contributed by atoms with Crippen molar-refractivity contribution in [3.63, 3.8) is 0 Å². The molecule has 3 aromatic rings. The maximum Gasteiger partial charge on any atom is 0.234 e. The molecule has 0 bridgehead atoms. The van der Waals surface area contributed by atoms with Crippen LogP contribution in [0.25, 0.3) is 0 Å². The summed E-state index contributed by atoms with van der Waals surface area (Å²) in [6.07, 6.45) is 4.29. The van der Waals surface area contributed by atoms with E-state index in [4.69, 9.17) is 16.3 Å². The fraction of sp³-hybridized carbons (Fsp3) is 0.312. The Labute approximate surface area is 164 Å². The second-order valence-corrected chi connectivity index (χ2v) is 6.03. The third kappa shape index (κ3) is 5.02. The minimum Gasteiger partial charge on any atom is -0.477 e. The maximum absolute atomic E-state index is 13.0. The van der Waals surface area contributed by atoms with Crippen LogP contribution in [0.15, 0.2) is 24.7 Å². The molecule has 1 atom stereocenters. The van der Waals surface area contributed by atoms with Crippen LogP contribution in [0, 0.1) is 5.82 Å². The highest BCUT2D eigenvalue weighted by Gasteiger charge is 2.16. The second kappa shape index (κ2) is 9.24. The van der Waals surface area contributed by atoms with Gasteiger partial charge < -0.3 is 20.5 Å². The van der Waals surface area contributed by atoms with Crippen molar-refractivity contribution < 1.29 is 14.2 Å². The van der Waals surface area contributed by atoms with Gasteiger partial charge in [-0.2, -0.15) is 4.98 Å². The van der Waals surface area contributed by atoms with Crippen LogP contribution in [0.2, 0.25) is 5.02 Å². The van der Waals surface area contributed by atoms with Gasteiger partial charge in [0.15, 0.2) is 17.5 Å². The molecule has 0 aliphatic heterocycles. The van der Waals surface area contributed by atoms with Gasteiger partial charge in [0.2, 0.25) is 11.8 Å². The highest BCUT2D eigenvalue weighted by Crippen LogP contribution is 2.25. The molecule has 4 N–H and O–H groups in total. The Balaban J connectivity index is 1.73. The van der Waals surface area contributed by atoms with Crippen molar-refractivity contribution in [2.45, 2.75) is 19.4 Å². The SMILES string of the molecule is CCCOc1cc(Nc2nc(N[C@@H](CO)c3ncc(F)cn3)ncc2Cl)[nH]n1. The van der Waals surface area contributed by atoms with E-state index in [-0.39, 0.29) is 23.4 Å². The molecule has 12 heteroatoms. The van der Waals surface area contributed by atoms with Crippen molar-refractivity contribution in [3.05, 3.63) is 41.3 Å². The number of nitrogens with one attached hydrogen (secondary N) is 3. The zero-order chi connectivity index (χ0) is 19.9. The van der Waals surface area contributed by atoms with Gasteiger partial charge in [0.1, 0.15) is 16.9 Å². The van der Waals surface area contributed by atoms with Crippen LogP contribution in [-0.2, 0) is 0 Å². The Hall–Kier alpha value is -3.05. The maximum atomic E-state index is 13.0. The lowest BCUT2D eigenvalue weighted by Crippen LogP contribution is -2.19. The van der Waals surface area contributed by atoms with Crippen LogP contribution in [0.5, 0.6) is 5.88 Å². The topological polar surface area (TPSA) is 134 Å². The van der Waals surface area contributed by atoms with Crippen molar-refractivity contribution in [2.75, 3.05) is 23.8 Å². The average molecular weight is 409 g/mol. The van der Waals surface area contributed by atoms with E-state index in [1.54, 1.807) is 6.07 Å². The molecule has 10 nitrogen and oxygen atoms in total. The lowest BCUT2D eigenvalue weighted by Gasteiger charge is -2.15. The van der Waals surface area contributed by atoms with E-state index in [9.17, 15) is 9.50 Å². The Morgan fingerprint density at radius 2 is 2.07 bits per heavy atom. The lowest BCUT2D eigenvalue weighted by molar-refractivity contribution is 0.271. The minimum absolute atomic E-state index is 0.167. The molecule has 0 radical (unpaired) electrons. The second-order valence-electron chi connectivity index (χ2n) is 5.62.